The van der Waals surface area contributed by atoms with Crippen LogP contribution in [0, 0.1) is 9.39 Å². The van der Waals surface area contributed by atoms with Crippen molar-refractivity contribution in [3.63, 3.8) is 0 Å². The molecule has 3 N–H and O–H groups in total. The minimum absolute atomic E-state index is 0.193. The maximum absolute atomic E-state index is 13.1. The summed E-state index contributed by atoms with van der Waals surface area (Å²) in [6, 6.07) is 6.19. The first-order chi connectivity index (χ1) is 9.25. The topological polar surface area (TPSA) is 63.8 Å². The van der Waals surface area contributed by atoms with Crippen molar-refractivity contribution >= 4 is 39.9 Å². The number of nitrogens with one attached hydrogen (secondary N) is 1. The molecule has 2 aromatic rings. The average molecular weight is 386 g/mol. The predicted octanol–water partition coefficient (Wildman–Crippen LogP) is 3.84. The molecule has 1 aromatic carbocycles. The van der Waals surface area contributed by atoms with Crippen molar-refractivity contribution in [1.82, 2.24) is 9.97 Å². The van der Waals surface area contributed by atoms with Gasteiger partial charge in [-0.25, -0.2) is 14.4 Å². The Morgan fingerprint density at radius 2 is 1.90 bits per heavy atom. The van der Waals surface area contributed by atoms with Crippen molar-refractivity contribution in [2.75, 3.05) is 11.1 Å². The van der Waals surface area contributed by atoms with Crippen LogP contribution in [0.2, 0.25) is 0 Å². The molecule has 0 aliphatic rings. The first-order valence-corrected chi connectivity index (χ1v) is 7.21. The van der Waals surface area contributed by atoms with E-state index in [4.69, 9.17) is 5.73 Å². The van der Waals surface area contributed by atoms with Gasteiger partial charge in [0, 0.05) is 15.1 Å². The third kappa shape index (κ3) is 3.56. The van der Waals surface area contributed by atoms with Gasteiger partial charge in [0.25, 0.3) is 0 Å². The summed E-state index contributed by atoms with van der Waals surface area (Å²) in [6.07, 6.45) is 0. The molecule has 20 heavy (non-hydrogen) atoms. The lowest BCUT2D eigenvalue weighted by atomic mass is 9.96. The first-order valence-electron chi connectivity index (χ1n) is 6.13. The number of halogens is 2. The molecular formula is C14H16FIN4. The van der Waals surface area contributed by atoms with Gasteiger partial charge in [-0.2, -0.15) is 0 Å². The molecule has 0 unspecified atom stereocenters. The monoisotopic (exact) mass is 386 g/mol. The first kappa shape index (κ1) is 15.0. The molecule has 2 rings (SSSR count). The molecule has 0 spiro atoms. The SMILES string of the molecule is CC(C)(C)c1nc(N)cc(Nc2ccc(F)cc2I)n1. The third-order valence-electron chi connectivity index (χ3n) is 2.61. The van der Waals surface area contributed by atoms with Gasteiger partial charge in [-0.05, 0) is 40.8 Å². The van der Waals surface area contributed by atoms with Crippen LogP contribution in [0.1, 0.15) is 26.6 Å². The molecule has 0 bridgehead atoms. The fraction of sp³-hybridized carbons (Fsp3) is 0.286. The summed E-state index contributed by atoms with van der Waals surface area (Å²) in [5.41, 5.74) is 6.41. The average Bonchev–Trinajstić information content (AvgIpc) is 2.31. The number of nitrogen functional groups attached to an aromatic ring is 1. The Bertz CT molecular complexity index is 638. The summed E-state index contributed by atoms with van der Waals surface area (Å²) in [6.45, 7) is 6.06. The maximum atomic E-state index is 13.1. The Hall–Kier alpha value is -1.44. The number of nitrogens with two attached hydrogens (primary N) is 1. The van der Waals surface area contributed by atoms with Crippen molar-refractivity contribution in [1.29, 1.82) is 0 Å². The third-order valence-corrected chi connectivity index (χ3v) is 3.50. The highest BCUT2D eigenvalue weighted by Gasteiger charge is 2.18. The Morgan fingerprint density at radius 3 is 2.50 bits per heavy atom. The van der Waals surface area contributed by atoms with Crippen LogP contribution >= 0.6 is 22.6 Å². The van der Waals surface area contributed by atoms with Crippen molar-refractivity contribution in [3.05, 3.63) is 39.5 Å². The number of hydrogen-bond acceptors (Lipinski definition) is 4. The van der Waals surface area contributed by atoms with Gasteiger partial charge in [0.2, 0.25) is 0 Å². The number of aromatic nitrogens is 2. The summed E-state index contributed by atoms with van der Waals surface area (Å²) < 4.78 is 13.9. The summed E-state index contributed by atoms with van der Waals surface area (Å²) in [5, 5.41) is 3.15. The minimum atomic E-state index is -0.266. The Kier molecular flexibility index (Phi) is 4.12. The van der Waals surface area contributed by atoms with E-state index in [9.17, 15) is 4.39 Å². The molecule has 0 amide bonds. The van der Waals surface area contributed by atoms with Gasteiger partial charge in [0.15, 0.2) is 0 Å². The summed E-state index contributed by atoms with van der Waals surface area (Å²) in [5.74, 6) is 1.41. The smallest absolute Gasteiger partial charge is 0.138 e. The standard InChI is InChI=1S/C14H16FIN4/c1-14(2,3)13-19-11(17)7-12(20-13)18-10-5-4-8(15)6-9(10)16/h4-7H,1-3H3,(H3,17,18,19,20). The molecule has 0 saturated carbocycles. The molecule has 0 fully saturated rings. The van der Waals surface area contributed by atoms with E-state index >= 15 is 0 Å². The second-order valence-electron chi connectivity index (χ2n) is 5.50. The van der Waals surface area contributed by atoms with E-state index in [1.165, 1.54) is 12.1 Å². The van der Waals surface area contributed by atoms with Crippen LogP contribution in [0.15, 0.2) is 24.3 Å². The number of hydrogen-bond donors (Lipinski definition) is 2. The second-order valence-corrected chi connectivity index (χ2v) is 6.66. The highest BCUT2D eigenvalue weighted by Crippen LogP contribution is 2.25. The Morgan fingerprint density at radius 1 is 1.20 bits per heavy atom. The van der Waals surface area contributed by atoms with Crippen LogP contribution in [-0.4, -0.2) is 9.97 Å². The summed E-state index contributed by atoms with van der Waals surface area (Å²) >= 11 is 2.07. The van der Waals surface area contributed by atoms with E-state index < -0.39 is 0 Å². The molecule has 1 aromatic heterocycles. The lowest BCUT2D eigenvalue weighted by Gasteiger charge is -2.18. The van der Waals surface area contributed by atoms with E-state index in [0.717, 1.165) is 9.26 Å². The summed E-state index contributed by atoms with van der Waals surface area (Å²) in [7, 11) is 0. The molecule has 106 valence electrons. The Labute approximate surface area is 131 Å². The van der Waals surface area contributed by atoms with Crippen molar-refractivity contribution in [3.8, 4) is 0 Å². The van der Waals surface area contributed by atoms with Gasteiger partial charge in [0.05, 0.1) is 5.69 Å². The quantitative estimate of drug-likeness (QED) is 0.770. The molecule has 1 heterocycles. The molecule has 0 aliphatic carbocycles. The van der Waals surface area contributed by atoms with E-state index in [1.807, 2.05) is 20.8 Å². The van der Waals surface area contributed by atoms with Crippen LogP contribution in [0.25, 0.3) is 0 Å². The zero-order chi connectivity index (χ0) is 14.9. The fourth-order valence-corrected chi connectivity index (χ4v) is 2.21. The lowest BCUT2D eigenvalue weighted by Crippen LogP contribution is -2.17. The largest absolute Gasteiger partial charge is 0.384 e. The van der Waals surface area contributed by atoms with Crippen molar-refractivity contribution in [2.45, 2.75) is 26.2 Å². The van der Waals surface area contributed by atoms with E-state index in [2.05, 4.69) is 37.9 Å². The maximum Gasteiger partial charge on any atom is 0.138 e. The summed E-state index contributed by atoms with van der Waals surface area (Å²) in [4.78, 5) is 8.71. The van der Waals surface area contributed by atoms with E-state index in [-0.39, 0.29) is 11.2 Å². The van der Waals surface area contributed by atoms with Crippen LogP contribution in [0.3, 0.4) is 0 Å². The highest BCUT2D eigenvalue weighted by molar-refractivity contribution is 14.1. The number of benzene rings is 1. The molecule has 0 aliphatic heterocycles. The number of nitrogens with zero attached hydrogens (tertiary/aromatic N) is 2. The molecule has 4 nitrogen and oxygen atoms in total. The second kappa shape index (κ2) is 5.51. The van der Waals surface area contributed by atoms with Gasteiger partial charge >= 0.3 is 0 Å². The lowest BCUT2D eigenvalue weighted by molar-refractivity contribution is 0.547. The van der Waals surface area contributed by atoms with Crippen molar-refractivity contribution < 1.29 is 4.39 Å². The molecule has 0 saturated heterocycles. The molecule has 0 atom stereocenters. The van der Waals surface area contributed by atoms with Crippen LogP contribution in [0.5, 0.6) is 0 Å². The molecular weight excluding hydrogens is 370 g/mol. The van der Waals surface area contributed by atoms with Gasteiger partial charge in [-0.15, -0.1) is 0 Å². The molecule has 6 heteroatoms. The fourth-order valence-electron chi connectivity index (χ4n) is 1.59. The minimum Gasteiger partial charge on any atom is -0.384 e. The number of rotatable bonds is 2. The zero-order valence-corrected chi connectivity index (χ0v) is 13.7. The predicted molar refractivity (Wildman–Crippen MR) is 87.5 cm³/mol. The van der Waals surface area contributed by atoms with Gasteiger partial charge in [-0.1, -0.05) is 20.8 Å². The van der Waals surface area contributed by atoms with Gasteiger partial charge < -0.3 is 11.1 Å². The van der Waals surface area contributed by atoms with E-state index in [1.54, 1.807) is 12.1 Å². The zero-order valence-electron chi connectivity index (χ0n) is 11.5. The van der Waals surface area contributed by atoms with Crippen LogP contribution in [0.4, 0.5) is 21.7 Å². The Balaban J connectivity index is 2.36. The van der Waals surface area contributed by atoms with Crippen LogP contribution < -0.4 is 11.1 Å². The van der Waals surface area contributed by atoms with Gasteiger partial charge in [-0.3, -0.25) is 0 Å². The van der Waals surface area contributed by atoms with Crippen LogP contribution in [-0.2, 0) is 5.41 Å². The molecule has 0 radical (unpaired) electrons. The van der Waals surface area contributed by atoms with Gasteiger partial charge in [0.1, 0.15) is 23.3 Å². The van der Waals surface area contributed by atoms with Crippen molar-refractivity contribution in [2.24, 2.45) is 0 Å². The normalized spacial score (nSPS) is 11.4. The number of anilines is 3. The highest BCUT2D eigenvalue weighted by atomic mass is 127. The van der Waals surface area contributed by atoms with E-state index in [0.29, 0.717) is 17.5 Å².